The number of nitrogens with zero attached hydrogens (tertiary/aromatic N) is 2. The Balaban J connectivity index is 1.22. The Hall–Kier alpha value is -6.82. The molecule has 0 atom stereocenters. The van der Waals surface area contributed by atoms with Gasteiger partial charge in [-0.3, -0.25) is 0 Å². The number of hydrogen-bond acceptors (Lipinski definition) is 2. The minimum absolute atomic E-state index is 0.0829. The number of benzene rings is 8. The zero-order chi connectivity index (χ0) is 38.1. The lowest BCUT2D eigenvalue weighted by atomic mass is 9.45. The molecule has 270 valence electrons. The van der Waals surface area contributed by atoms with Crippen LogP contribution in [-0.4, -0.2) is 19.4 Å². The highest BCUT2D eigenvalue weighted by molar-refractivity contribution is 7.21. The van der Waals surface area contributed by atoms with E-state index < -0.39 is 8.07 Å². The molecular weight excluding hydrogens is 719 g/mol. The summed E-state index contributed by atoms with van der Waals surface area (Å²) in [6.45, 7) is 4.76. The third-order valence-corrected chi connectivity index (χ3v) is 19.0. The average molecular weight is 755 g/mol. The van der Waals surface area contributed by atoms with Gasteiger partial charge in [0.15, 0.2) is 8.07 Å². The molecule has 0 radical (unpaired) electrons. The predicted molar refractivity (Wildman–Crippen MR) is 244 cm³/mol. The Bertz CT molecular complexity index is 3410. The van der Waals surface area contributed by atoms with Crippen LogP contribution in [0.15, 0.2) is 180 Å². The summed E-state index contributed by atoms with van der Waals surface area (Å²) in [5, 5.41) is 9.31. The van der Waals surface area contributed by atoms with Crippen LogP contribution in [-0.2, 0) is 5.41 Å². The van der Waals surface area contributed by atoms with E-state index in [0.29, 0.717) is 0 Å². The van der Waals surface area contributed by atoms with E-state index in [1.165, 1.54) is 93.1 Å². The van der Waals surface area contributed by atoms with E-state index >= 15 is 0 Å². The third-order valence-electron chi connectivity index (χ3n) is 14.2. The summed E-state index contributed by atoms with van der Waals surface area (Å²) in [4.78, 5) is 2.65. The van der Waals surface area contributed by atoms with E-state index in [9.17, 15) is 0 Å². The molecule has 0 N–H and O–H groups in total. The van der Waals surface area contributed by atoms with Crippen molar-refractivity contribution >= 4 is 96.5 Å². The van der Waals surface area contributed by atoms with Crippen LogP contribution in [0.25, 0.3) is 55.2 Å². The summed E-state index contributed by atoms with van der Waals surface area (Å²) < 4.78 is 9.79. The molecule has 14 rings (SSSR count). The summed E-state index contributed by atoms with van der Waals surface area (Å²) in [6, 6.07) is 66.6. The fourth-order valence-electron chi connectivity index (χ4n) is 12.1. The van der Waals surface area contributed by atoms with Gasteiger partial charge < -0.3 is 13.8 Å². The van der Waals surface area contributed by atoms with Gasteiger partial charge in [0.05, 0.1) is 0 Å². The SMILES string of the molecule is CC1(C)c2ccccc2-c2c1c1cccc3c1n2B1c2cccc4c2N(c2ccccc2[Si]4(c2ccccc2)c2ccccc2)c2cc4c(oc5ccccc54)c-3c21. The summed E-state index contributed by atoms with van der Waals surface area (Å²) >= 11 is 0. The van der Waals surface area contributed by atoms with Crippen LogP contribution in [0.1, 0.15) is 25.0 Å². The van der Waals surface area contributed by atoms with E-state index in [1.54, 1.807) is 0 Å². The van der Waals surface area contributed by atoms with Gasteiger partial charge >= 0.3 is 6.85 Å². The smallest absolute Gasteiger partial charge is 0.333 e. The first-order valence-corrected chi connectivity index (χ1v) is 22.5. The molecule has 3 nitrogen and oxygen atoms in total. The van der Waals surface area contributed by atoms with Crippen molar-refractivity contribution in [3.8, 4) is 22.4 Å². The lowest BCUT2D eigenvalue weighted by molar-refractivity contribution is 0.666. The second-order valence-corrected chi connectivity index (χ2v) is 20.8. The van der Waals surface area contributed by atoms with Crippen molar-refractivity contribution in [1.29, 1.82) is 0 Å². The number of hydrogen-bond donors (Lipinski definition) is 0. The van der Waals surface area contributed by atoms with E-state index in [-0.39, 0.29) is 12.3 Å². The van der Waals surface area contributed by atoms with Crippen LogP contribution in [0.4, 0.5) is 17.1 Å². The molecule has 0 saturated carbocycles. The Morgan fingerprint density at radius 3 is 2.05 bits per heavy atom. The number of anilines is 3. The second kappa shape index (κ2) is 10.6. The summed E-state index contributed by atoms with van der Waals surface area (Å²) in [6.07, 6.45) is 0. The summed E-state index contributed by atoms with van der Waals surface area (Å²) in [5.41, 5.74) is 17.5. The molecule has 8 aromatic carbocycles. The second-order valence-electron chi connectivity index (χ2n) is 17.1. The largest absolute Gasteiger partial charge is 0.455 e. The first-order chi connectivity index (χ1) is 28.6. The molecule has 0 saturated heterocycles. The van der Waals surface area contributed by atoms with Crippen LogP contribution < -0.4 is 36.6 Å². The normalized spacial score (nSPS) is 15.6. The lowest BCUT2D eigenvalue weighted by Crippen LogP contribution is -2.78. The van der Waals surface area contributed by atoms with Gasteiger partial charge in [0.25, 0.3) is 0 Å². The van der Waals surface area contributed by atoms with E-state index in [4.69, 9.17) is 4.42 Å². The van der Waals surface area contributed by atoms with E-state index in [2.05, 4.69) is 199 Å². The average Bonchev–Trinajstić information content (AvgIpc) is 3.90. The number of rotatable bonds is 2. The molecule has 5 heterocycles. The van der Waals surface area contributed by atoms with Crippen LogP contribution in [0, 0.1) is 0 Å². The highest BCUT2D eigenvalue weighted by Gasteiger charge is 2.55. The molecule has 0 unspecified atom stereocenters. The quantitative estimate of drug-likeness (QED) is 0.165. The Morgan fingerprint density at radius 1 is 0.569 bits per heavy atom. The van der Waals surface area contributed by atoms with Gasteiger partial charge in [-0.2, -0.15) is 0 Å². The monoisotopic (exact) mass is 754 g/mol. The van der Waals surface area contributed by atoms with Crippen LogP contribution in [0.3, 0.4) is 0 Å². The van der Waals surface area contributed by atoms with Crippen molar-refractivity contribution in [2.24, 2.45) is 0 Å². The van der Waals surface area contributed by atoms with Crippen LogP contribution >= 0.6 is 0 Å². The van der Waals surface area contributed by atoms with Gasteiger partial charge in [0, 0.05) is 66.5 Å². The Morgan fingerprint density at radius 2 is 1.22 bits per heavy atom. The molecule has 0 fully saturated rings. The molecule has 5 heteroatoms. The third kappa shape index (κ3) is 3.44. The van der Waals surface area contributed by atoms with Gasteiger partial charge in [-0.15, -0.1) is 0 Å². The molecule has 2 aromatic heterocycles. The zero-order valence-corrected chi connectivity index (χ0v) is 33.1. The molecule has 10 aromatic rings. The number of fused-ring (bicyclic) bond motifs is 15. The Kier molecular flexibility index (Phi) is 5.70. The highest BCUT2D eigenvalue weighted by atomic mass is 28.3. The highest BCUT2D eigenvalue weighted by Crippen LogP contribution is 2.57. The molecular formula is C53H35BN2OSi. The number of furan rings is 1. The fourth-order valence-corrected chi connectivity index (χ4v) is 17.2. The predicted octanol–water partition coefficient (Wildman–Crippen LogP) is 8.96. The van der Waals surface area contributed by atoms with Crippen molar-refractivity contribution in [3.63, 3.8) is 0 Å². The summed E-state index contributed by atoms with van der Waals surface area (Å²) in [5.74, 6) is 0. The first kappa shape index (κ1) is 31.3. The first-order valence-electron chi connectivity index (χ1n) is 20.5. The van der Waals surface area contributed by atoms with Gasteiger partial charge in [0.1, 0.15) is 11.2 Å². The van der Waals surface area contributed by atoms with Crippen LogP contribution in [0.2, 0.25) is 0 Å². The molecule has 58 heavy (non-hydrogen) atoms. The van der Waals surface area contributed by atoms with Crippen molar-refractivity contribution in [2.45, 2.75) is 19.3 Å². The van der Waals surface area contributed by atoms with E-state index in [1.807, 2.05) is 0 Å². The standard InChI is InChI=1S/C53H35BN2OSi/c1-53(2)39-25-11-9-22-35(39)50-47(53)37-24-15-23-36-46-48-42(31-38-34-21-10-13-28-43(34)57-52(38)46)55-41-27-12-14-29-44(41)58(32-17-5-3-6-18-32,33-19-7-4-8-20-33)45-30-16-26-40(51(45)55)54(48)56(50)49(36)37/h3-31H,1-2H3. The molecule has 4 aliphatic rings. The summed E-state index contributed by atoms with van der Waals surface area (Å²) in [7, 11) is -2.86. The van der Waals surface area contributed by atoms with Crippen molar-refractivity contribution in [3.05, 3.63) is 187 Å². The number of para-hydroxylation sites is 4. The van der Waals surface area contributed by atoms with Gasteiger partial charge in [-0.25, -0.2) is 0 Å². The maximum Gasteiger partial charge on any atom is 0.333 e. The Labute approximate surface area is 337 Å². The topological polar surface area (TPSA) is 21.3 Å². The van der Waals surface area contributed by atoms with Crippen molar-refractivity contribution in [1.82, 2.24) is 4.48 Å². The van der Waals surface area contributed by atoms with Crippen molar-refractivity contribution < 1.29 is 4.42 Å². The van der Waals surface area contributed by atoms with Gasteiger partial charge in [-0.05, 0) is 61.0 Å². The molecule has 0 amide bonds. The molecule has 1 aliphatic carbocycles. The van der Waals surface area contributed by atoms with Gasteiger partial charge in [-0.1, -0.05) is 172 Å². The fraction of sp³-hybridized carbons (Fsp3) is 0.0566. The van der Waals surface area contributed by atoms with E-state index in [0.717, 1.165) is 21.9 Å². The van der Waals surface area contributed by atoms with Crippen LogP contribution in [0.5, 0.6) is 0 Å². The number of aromatic nitrogens is 1. The molecule has 3 aliphatic heterocycles. The maximum absolute atomic E-state index is 7.04. The lowest BCUT2D eigenvalue weighted by Gasteiger charge is -2.49. The molecule has 0 bridgehead atoms. The minimum atomic E-state index is -2.86. The van der Waals surface area contributed by atoms with Crippen molar-refractivity contribution in [2.75, 3.05) is 4.90 Å². The zero-order valence-electron chi connectivity index (χ0n) is 32.1. The van der Waals surface area contributed by atoms with Gasteiger partial charge in [0.2, 0.25) is 0 Å². The maximum atomic E-state index is 7.04. The minimum Gasteiger partial charge on any atom is -0.455 e. The molecule has 0 spiro atoms.